The fourth-order valence-corrected chi connectivity index (χ4v) is 6.03. The summed E-state index contributed by atoms with van der Waals surface area (Å²) in [6.07, 6.45) is 2.21. The number of nitro benzene ring substituents is 1. The summed E-state index contributed by atoms with van der Waals surface area (Å²) in [5.41, 5.74) is 1.85. The van der Waals surface area contributed by atoms with Gasteiger partial charge in [-0.25, -0.2) is 4.98 Å². The molecule has 1 fully saturated rings. The molecule has 6 rings (SSSR count). The van der Waals surface area contributed by atoms with Crippen molar-refractivity contribution in [3.05, 3.63) is 122 Å². The molecule has 1 aliphatic carbocycles. The second-order valence-electron chi connectivity index (χ2n) is 11.4. The summed E-state index contributed by atoms with van der Waals surface area (Å²) in [6, 6.07) is 18.0. The second-order valence-corrected chi connectivity index (χ2v) is 11.4. The highest BCUT2D eigenvalue weighted by molar-refractivity contribution is 5.82. The molecule has 0 spiro atoms. The minimum absolute atomic E-state index is 0.153. The van der Waals surface area contributed by atoms with Gasteiger partial charge in [0.1, 0.15) is 11.6 Å². The molecule has 0 N–H and O–H groups in total. The van der Waals surface area contributed by atoms with Crippen LogP contribution < -0.4 is 10.3 Å². The number of nitrogens with zero attached hydrogens (tertiary/aromatic N) is 5. The van der Waals surface area contributed by atoms with E-state index in [1.54, 1.807) is 36.5 Å². The first-order chi connectivity index (χ1) is 22.0. The molecular weight excluding hydrogens is 599 g/mol. The molecular formula is C34H30F3N5O4. The zero-order valence-corrected chi connectivity index (χ0v) is 25.1. The molecule has 9 nitrogen and oxygen atoms in total. The summed E-state index contributed by atoms with van der Waals surface area (Å²) in [6.45, 7) is 3.85. The molecule has 0 bridgehead atoms. The maximum Gasteiger partial charge on any atom is 0.416 e. The smallest absolute Gasteiger partial charge is 0.416 e. The van der Waals surface area contributed by atoms with Crippen LogP contribution in [0.25, 0.3) is 16.6 Å². The molecule has 1 aliphatic rings. The number of para-hydroxylation sites is 1. The molecule has 46 heavy (non-hydrogen) atoms. The van der Waals surface area contributed by atoms with Crippen molar-refractivity contribution in [2.24, 2.45) is 5.10 Å². The van der Waals surface area contributed by atoms with E-state index >= 15 is 0 Å². The number of ether oxygens (including phenoxy) is 1. The van der Waals surface area contributed by atoms with E-state index in [1.165, 1.54) is 11.1 Å². The molecule has 236 valence electrons. The van der Waals surface area contributed by atoms with Crippen molar-refractivity contribution in [1.82, 2.24) is 14.2 Å². The van der Waals surface area contributed by atoms with E-state index in [2.05, 4.69) is 5.10 Å². The van der Waals surface area contributed by atoms with Crippen LogP contribution in [0.2, 0.25) is 0 Å². The summed E-state index contributed by atoms with van der Waals surface area (Å²) < 4.78 is 48.3. The van der Waals surface area contributed by atoms with Crippen molar-refractivity contribution in [1.29, 1.82) is 0 Å². The average Bonchev–Trinajstić information content (AvgIpc) is 3.33. The Labute approximate surface area is 261 Å². The van der Waals surface area contributed by atoms with Crippen molar-refractivity contribution < 1.29 is 22.8 Å². The van der Waals surface area contributed by atoms with Crippen LogP contribution in [-0.2, 0) is 6.18 Å². The molecule has 2 heterocycles. The van der Waals surface area contributed by atoms with Crippen LogP contribution in [0, 0.1) is 24.0 Å². The number of hydrogen-bond donors (Lipinski definition) is 0. The van der Waals surface area contributed by atoms with Gasteiger partial charge in [-0.2, -0.15) is 22.9 Å². The topological polar surface area (TPSA) is 105 Å². The summed E-state index contributed by atoms with van der Waals surface area (Å²) in [5, 5.41) is 16.6. The Balaban J connectivity index is 1.29. The number of aromatic nitrogens is 3. The van der Waals surface area contributed by atoms with Crippen LogP contribution in [0.15, 0.2) is 82.7 Å². The number of aryl methyl sites for hydroxylation is 1. The molecule has 0 aliphatic heterocycles. The number of nitro groups is 1. The Kier molecular flexibility index (Phi) is 8.20. The highest BCUT2D eigenvalue weighted by atomic mass is 19.4. The first-order valence-electron chi connectivity index (χ1n) is 14.9. The molecule has 0 saturated heterocycles. The first-order valence-corrected chi connectivity index (χ1v) is 14.9. The fraction of sp³-hybridized carbons (Fsp3) is 0.265. The van der Waals surface area contributed by atoms with E-state index in [9.17, 15) is 28.1 Å². The number of fused-ring (bicyclic) bond motifs is 1. The minimum atomic E-state index is -4.72. The van der Waals surface area contributed by atoms with Crippen LogP contribution in [0.1, 0.15) is 66.4 Å². The monoisotopic (exact) mass is 629 g/mol. The zero-order chi connectivity index (χ0) is 32.6. The number of alkyl halides is 3. The van der Waals surface area contributed by atoms with E-state index in [0.29, 0.717) is 22.8 Å². The molecule has 2 aromatic heterocycles. The number of hydrogen-bond acceptors (Lipinski definition) is 6. The predicted molar refractivity (Wildman–Crippen MR) is 168 cm³/mol. The Morgan fingerprint density at radius 2 is 1.72 bits per heavy atom. The van der Waals surface area contributed by atoms with Gasteiger partial charge in [-0.15, -0.1) is 0 Å². The number of halogens is 3. The first kappa shape index (κ1) is 30.8. The van der Waals surface area contributed by atoms with Gasteiger partial charge in [0.15, 0.2) is 0 Å². The van der Waals surface area contributed by atoms with Crippen molar-refractivity contribution >= 4 is 22.8 Å². The van der Waals surface area contributed by atoms with E-state index in [0.717, 1.165) is 60.5 Å². The maximum atomic E-state index is 13.6. The summed E-state index contributed by atoms with van der Waals surface area (Å²) in [4.78, 5) is 29.0. The van der Waals surface area contributed by atoms with Crippen LogP contribution >= 0.6 is 0 Å². The van der Waals surface area contributed by atoms with Gasteiger partial charge in [-0.1, -0.05) is 31.4 Å². The fourth-order valence-electron chi connectivity index (χ4n) is 6.03. The summed E-state index contributed by atoms with van der Waals surface area (Å²) in [7, 11) is 0. The molecule has 0 atom stereocenters. The van der Waals surface area contributed by atoms with Crippen LogP contribution in [0.4, 0.5) is 18.9 Å². The minimum Gasteiger partial charge on any atom is -0.450 e. The van der Waals surface area contributed by atoms with Gasteiger partial charge in [0.25, 0.3) is 5.56 Å². The van der Waals surface area contributed by atoms with E-state index in [1.807, 2.05) is 42.7 Å². The van der Waals surface area contributed by atoms with Gasteiger partial charge in [0.2, 0.25) is 5.75 Å². The third-order valence-electron chi connectivity index (χ3n) is 8.34. The van der Waals surface area contributed by atoms with Crippen molar-refractivity contribution in [2.75, 3.05) is 0 Å². The Morgan fingerprint density at radius 3 is 2.41 bits per heavy atom. The van der Waals surface area contributed by atoms with Gasteiger partial charge >= 0.3 is 11.9 Å². The van der Waals surface area contributed by atoms with Crippen molar-refractivity contribution in [3.63, 3.8) is 0 Å². The van der Waals surface area contributed by atoms with E-state index in [-0.39, 0.29) is 23.0 Å². The van der Waals surface area contributed by atoms with Gasteiger partial charge in [-0.05, 0) is 81.3 Å². The lowest BCUT2D eigenvalue weighted by atomic mass is 9.88. The lowest BCUT2D eigenvalue weighted by Gasteiger charge is -2.22. The quantitative estimate of drug-likeness (QED) is 0.102. The van der Waals surface area contributed by atoms with E-state index < -0.39 is 22.4 Å². The predicted octanol–water partition coefficient (Wildman–Crippen LogP) is 8.45. The zero-order valence-electron chi connectivity index (χ0n) is 25.1. The second kappa shape index (κ2) is 12.3. The Hall–Kier alpha value is -5.26. The third-order valence-corrected chi connectivity index (χ3v) is 8.34. The molecule has 0 radical (unpaired) electrons. The number of benzene rings is 3. The van der Waals surface area contributed by atoms with Crippen molar-refractivity contribution in [3.8, 4) is 17.2 Å². The molecule has 0 unspecified atom stereocenters. The highest BCUT2D eigenvalue weighted by Crippen LogP contribution is 2.38. The largest absolute Gasteiger partial charge is 0.450 e. The molecule has 1 saturated carbocycles. The average molecular weight is 630 g/mol. The Morgan fingerprint density at radius 1 is 1.00 bits per heavy atom. The lowest BCUT2D eigenvalue weighted by molar-refractivity contribution is -0.385. The summed E-state index contributed by atoms with van der Waals surface area (Å²) >= 11 is 0. The number of rotatable bonds is 7. The van der Waals surface area contributed by atoms with Gasteiger partial charge in [-0.3, -0.25) is 14.9 Å². The van der Waals surface area contributed by atoms with Crippen LogP contribution in [0.5, 0.6) is 11.5 Å². The summed E-state index contributed by atoms with van der Waals surface area (Å²) in [5.74, 6) is 0.746. The molecule has 3 aromatic carbocycles. The van der Waals surface area contributed by atoms with Gasteiger partial charge in [0.05, 0.1) is 27.6 Å². The standard InChI is InChI=1S/C34H30F3N5O4/c1-21-18-24(20-38-41-32(23-8-4-3-5-9-23)39-29-11-7-6-10-28(29)33(41)43)22(2)40(21)26-13-15-27(16-14-26)46-31-17-12-25(34(35,36)37)19-30(31)42(44)45/h6-7,10-20,23H,3-5,8-9H2,1-2H3. The van der Waals surface area contributed by atoms with Crippen LogP contribution in [-0.4, -0.2) is 25.4 Å². The Bertz CT molecular complexity index is 2020. The molecule has 0 amide bonds. The lowest BCUT2D eigenvalue weighted by Crippen LogP contribution is -2.25. The third kappa shape index (κ3) is 6.02. The maximum absolute atomic E-state index is 13.6. The molecule has 5 aromatic rings. The SMILES string of the molecule is Cc1cc(C=Nn2c(C3CCCCC3)nc3ccccc3c2=O)c(C)n1-c1ccc(Oc2ccc(C(F)(F)F)cc2[N+](=O)[O-])cc1. The normalized spacial score (nSPS) is 14.3. The highest BCUT2D eigenvalue weighted by Gasteiger charge is 2.33. The van der Waals surface area contributed by atoms with Gasteiger partial charge < -0.3 is 9.30 Å². The van der Waals surface area contributed by atoms with Crippen molar-refractivity contribution in [2.45, 2.75) is 58.0 Å². The van der Waals surface area contributed by atoms with Crippen LogP contribution in [0.3, 0.4) is 0 Å². The van der Waals surface area contributed by atoms with E-state index in [4.69, 9.17) is 9.72 Å². The van der Waals surface area contributed by atoms with Gasteiger partial charge in [0, 0.05) is 34.6 Å². The molecule has 12 heteroatoms.